The van der Waals surface area contributed by atoms with Crippen LogP contribution in [0.5, 0.6) is 0 Å². The molecule has 0 amide bonds. The summed E-state index contributed by atoms with van der Waals surface area (Å²) in [5, 5.41) is 5.82. The average molecular weight is 244 g/mol. The normalized spacial score (nSPS) is 24.7. The van der Waals surface area contributed by atoms with E-state index >= 15 is 0 Å². The maximum atomic E-state index is 4.07. The fourth-order valence-corrected chi connectivity index (χ4v) is 3.37. The molecule has 3 heterocycles. The fourth-order valence-electron chi connectivity index (χ4n) is 2.50. The molecule has 2 aromatic rings. The van der Waals surface area contributed by atoms with Gasteiger partial charge in [-0.05, 0) is 42.0 Å². The van der Waals surface area contributed by atoms with Crippen molar-refractivity contribution in [2.75, 3.05) is 6.54 Å². The van der Waals surface area contributed by atoms with E-state index in [4.69, 9.17) is 0 Å². The number of aromatic nitrogens is 1. The van der Waals surface area contributed by atoms with E-state index in [0.717, 1.165) is 6.54 Å². The highest BCUT2D eigenvalue weighted by molar-refractivity contribution is 7.10. The van der Waals surface area contributed by atoms with Gasteiger partial charge in [-0.2, -0.15) is 0 Å². The van der Waals surface area contributed by atoms with Gasteiger partial charge in [0.25, 0.3) is 0 Å². The van der Waals surface area contributed by atoms with Gasteiger partial charge in [0.15, 0.2) is 0 Å². The number of piperidine rings is 1. The molecule has 3 heteroatoms. The molecule has 1 aliphatic heterocycles. The standard InChI is InChI=1S/C14H16N2S/c1-2-14(17-9-1)12-3-4-13(16-10-12)11-5-7-15-8-6-11/h1-2,5-9,12-13,16H,3-4,10H2/t12-,13-/m0/s1. The molecule has 1 saturated heterocycles. The van der Waals surface area contributed by atoms with Crippen molar-refractivity contribution in [1.82, 2.24) is 10.3 Å². The second-order valence-corrected chi connectivity index (χ2v) is 5.51. The van der Waals surface area contributed by atoms with E-state index in [9.17, 15) is 0 Å². The molecule has 1 aliphatic rings. The van der Waals surface area contributed by atoms with Crippen LogP contribution in [-0.4, -0.2) is 11.5 Å². The van der Waals surface area contributed by atoms with Gasteiger partial charge in [-0.1, -0.05) is 6.07 Å². The molecule has 0 saturated carbocycles. The molecule has 2 aromatic heterocycles. The quantitative estimate of drug-likeness (QED) is 0.876. The summed E-state index contributed by atoms with van der Waals surface area (Å²) in [6.07, 6.45) is 6.25. The molecule has 2 atom stereocenters. The molecular formula is C14H16N2S. The lowest BCUT2D eigenvalue weighted by molar-refractivity contribution is 0.376. The van der Waals surface area contributed by atoms with Gasteiger partial charge in [0.05, 0.1) is 0 Å². The van der Waals surface area contributed by atoms with E-state index in [0.29, 0.717) is 12.0 Å². The Morgan fingerprint density at radius 3 is 2.71 bits per heavy atom. The van der Waals surface area contributed by atoms with Crippen molar-refractivity contribution in [3.63, 3.8) is 0 Å². The van der Waals surface area contributed by atoms with Crippen molar-refractivity contribution in [3.05, 3.63) is 52.5 Å². The number of rotatable bonds is 2. The van der Waals surface area contributed by atoms with E-state index in [1.54, 1.807) is 0 Å². The molecular weight excluding hydrogens is 228 g/mol. The Hall–Kier alpha value is -1.19. The minimum absolute atomic E-state index is 0.509. The number of nitrogens with one attached hydrogen (secondary N) is 1. The Morgan fingerprint density at radius 1 is 1.18 bits per heavy atom. The lowest BCUT2D eigenvalue weighted by Gasteiger charge is -2.29. The third-order valence-corrected chi connectivity index (χ3v) is 4.50. The number of nitrogens with zero attached hydrogens (tertiary/aromatic N) is 1. The Morgan fingerprint density at radius 2 is 2.06 bits per heavy atom. The SMILES string of the molecule is c1csc([C@H]2CC[C@@H](c3ccncc3)NC2)c1. The summed E-state index contributed by atoms with van der Waals surface area (Å²) in [6.45, 7) is 1.09. The molecule has 0 bridgehead atoms. The van der Waals surface area contributed by atoms with Gasteiger partial charge in [-0.25, -0.2) is 0 Å². The van der Waals surface area contributed by atoms with Crippen LogP contribution in [0.3, 0.4) is 0 Å². The minimum atomic E-state index is 0.509. The molecule has 3 rings (SSSR count). The zero-order valence-electron chi connectivity index (χ0n) is 9.67. The second kappa shape index (κ2) is 4.98. The number of pyridine rings is 1. The highest BCUT2D eigenvalue weighted by Gasteiger charge is 2.23. The monoisotopic (exact) mass is 244 g/mol. The van der Waals surface area contributed by atoms with Gasteiger partial charge in [-0.15, -0.1) is 11.3 Å². The lowest BCUT2D eigenvalue weighted by atomic mass is 9.90. The van der Waals surface area contributed by atoms with E-state index in [-0.39, 0.29) is 0 Å². The molecule has 1 fully saturated rings. The van der Waals surface area contributed by atoms with Crippen LogP contribution < -0.4 is 5.32 Å². The van der Waals surface area contributed by atoms with Gasteiger partial charge in [0, 0.05) is 35.8 Å². The molecule has 0 aromatic carbocycles. The molecule has 0 unspecified atom stereocenters. The van der Waals surface area contributed by atoms with Gasteiger partial charge in [0.2, 0.25) is 0 Å². The van der Waals surface area contributed by atoms with E-state index in [1.165, 1.54) is 23.3 Å². The van der Waals surface area contributed by atoms with Crippen molar-refractivity contribution >= 4 is 11.3 Å². The third kappa shape index (κ3) is 2.40. The Kier molecular flexibility index (Phi) is 3.20. The zero-order valence-corrected chi connectivity index (χ0v) is 10.5. The first kappa shape index (κ1) is 10.9. The highest BCUT2D eigenvalue weighted by Crippen LogP contribution is 2.32. The Bertz CT molecular complexity index is 444. The molecule has 0 spiro atoms. The first-order chi connectivity index (χ1) is 8.43. The van der Waals surface area contributed by atoms with Crippen LogP contribution in [0.1, 0.15) is 35.2 Å². The summed E-state index contributed by atoms with van der Waals surface area (Å²) in [7, 11) is 0. The number of hydrogen-bond acceptors (Lipinski definition) is 3. The van der Waals surface area contributed by atoms with Gasteiger partial charge in [0.1, 0.15) is 0 Å². The molecule has 1 N–H and O–H groups in total. The van der Waals surface area contributed by atoms with Crippen LogP contribution in [0.4, 0.5) is 0 Å². The molecule has 0 aliphatic carbocycles. The second-order valence-electron chi connectivity index (χ2n) is 4.53. The smallest absolute Gasteiger partial charge is 0.0321 e. The van der Waals surface area contributed by atoms with Crippen LogP contribution in [0, 0.1) is 0 Å². The summed E-state index contributed by atoms with van der Waals surface area (Å²) in [4.78, 5) is 5.59. The number of hydrogen-bond donors (Lipinski definition) is 1. The molecule has 17 heavy (non-hydrogen) atoms. The predicted octanol–water partition coefficient (Wildman–Crippen LogP) is 3.35. The summed E-state index contributed by atoms with van der Waals surface area (Å²) in [6, 6.07) is 9.14. The van der Waals surface area contributed by atoms with E-state index < -0.39 is 0 Å². The van der Waals surface area contributed by atoms with Crippen molar-refractivity contribution in [1.29, 1.82) is 0 Å². The minimum Gasteiger partial charge on any atom is -0.309 e. The first-order valence-electron chi connectivity index (χ1n) is 6.10. The van der Waals surface area contributed by atoms with Crippen molar-refractivity contribution in [2.24, 2.45) is 0 Å². The van der Waals surface area contributed by atoms with Gasteiger partial charge >= 0.3 is 0 Å². The van der Waals surface area contributed by atoms with Crippen LogP contribution >= 0.6 is 11.3 Å². The van der Waals surface area contributed by atoms with E-state index in [1.807, 2.05) is 23.7 Å². The van der Waals surface area contributed by atoms with Crippen LogP contribution in [-0.2, 0) is 0 Å². The average Bonchev–Trinajstić information content (AvgIpc) is 2.94. The molecule has 2 nitrogen and oxygen atoms in total. The molecule has 0 radical (unpaired) electrons. The van der Waals surface area contributed by atoms with Gasteiger partial charge < -0.3 is 5.32 Å². The maximum Gasteiger partial charge on any atom is 0.0321 e. The maximum absolute atomic E-state index is 4.07. The van der Waals surface area contributed by atoms with Crippen LogP contribution in [0.2, 0.25) is 0 Å². The van der Waals surface area contributed by atoms with Crippen molar-refractivity contribution < 1.29 is 0 Å². The lowest BCUT2D eigenvalue weighted by Crippen LogP contribution is -2.31. The van der Waals surface area contributed by atoms with Crippen LogP contribution in [0.15, 0.2) is 42.0 Å². The Labute approximate surface area is 106 Å². The summed E-state index contributed by atoms with van der Waals surface area (Å²) in [5.41, 5.74) is 1.37. The summed E-state index contributed by atoms with van der Waals surface area (Å²) < 4.78 is 0. The van der Waals surface area contributed by atoms with Gasteiger partial charge in [-0.3, -0.25) is 4.98 Å². The Balaban J connectivity index is 1.65. The highest BCUT2D eigenvalue weighted by atomic mass is 32.1. The van der Waals surface area contributed by atoms with Crippen LogP contribution in [0.25, 0.3) is 0 Å². The fraction of sp³-hybridized carbons (Fsp3) is 0.357. The van der Waals surface area contributed by atoms with Crippen molar-refractivity contribution in [2.45, 2.75) is 24.8 Å². The third-order valence-electron chi connectivity index (χ3n) is 3.47. The summed E-state index contributed by atoms with van der Waals surface area (Å²) in [5.74, 6) is 0.702. The predicted molar refractivity (Wildman–Crippen MR) is 71.3 cm³/mol. The molecule has 88 valence electrons. The number of thiophene rings is 1. The topological polar surface area (TPSA) is 24.9 Å². The van der Waals surface area contributed by atoms with E-state index in [2.05, 4.69) is 39.9 Å². The largest absolute Gasteiger partial charge is 0.309 e. The van der Waals surface area contributed by atoms with Crippen molar-refractivity contribution in [3.8, 4) is 0 Å². The first-order valence-corrected chi connectivity index (χ1v) is 6.98. The summed E-state index contributed by atoms with van der Waals surface area (Å²) >= 11 is 1.88. The zero-order chi connectivity index (χ0) is 11.5.